The van der Waals surface area contributed by atoms with E-state index < -0.39 is 18.4 Å². The number of carbonyl (C=O) groups is 1. The number of carbonyl (C=O) groups excluding carboxylic acids is 1. The van der Waals surface area contributed by atoms with E-state index >= 15 is 4.39 Å². The Hall–Kier alpha value is -4.41. The van der Waals surface area contributed by atoms with Gasteiger partial charge in [0.05, 0.1) is 6.42 Å². The molecule has 2 unspecified atom stereocenters. The van der Waals surface area contributed by atoms with Crippen molar-refractivity contribution < 1.29 is 27.1 Å². The largest absolute Gasteiger partial charge is 0.393 e. The summed E-state index contributed by atoms with van der Waals surface area (Å²) in [5, 5.41) is 3.35. The molecule has 2 atom stereocenters. The Morgan fingerprint density at radius 3 is 2.34 bits per heavy atom. The standard InChI is InChI=1S/C46H60F4N4O2/c1-7-17-37(54-29-15-21-38(33-54)53(6)28-16-23-44(55)52(4)5)26-24-34(9-3)45(40(32-46(48,49)50)35-19-11-10-12-20-35)36-25-27-42(39(31-36)41(47)18-8-2)51-43-22-13-14-30-56-43/h9-12,16-20,23-27,31,38,43,51H,7-8,13-15,21-22,28-30,32-33H2,1-6H3/b23-16+,26-24-,34-9+,37-17-,41-18-,45-40+. The van der Waals surface area contributed by atoms with Crippen molar-refractivity contribution in [2.24, 2.45) is 0 Å². The predicted octanol–water partition coefficient (Wildman–Crippen LogP) is 11.0. The van der Waals surface area contributed by atoms with E-state index in [-0.39, 0.29) is 29.3 Å². The van der Waals surface area contributed by atoms with E-state index in [4.69, 9.17) is 4.74 Å². The van der Waals surface area contributed by atoms with Gasteiger partial charge in [-0.1, -0.05) is 74.5 Å². The maximum Gasteiger partial charge on any atom is 0.393 e. The molecular formula is C46H60F4N4O2. The highest BCUT2D eigenvalue weighted by molar-refractivity contribution is 6.00. The minimum Gasteiger partial charge on any atom is -0.370 e. The first-order valence-corrected chi connectivity index (χ1v) is 20.0. The summed E-state index contributed by atoms with van der Waals surface area (Å²) < 4.78 is 65.6. The van der Waals surface area contributed by atoms with E-state index in [1.807, 2.05) is 38.2 Å². The van der Waals surface area contributed by atoms with E-state index in [0.29, 0.717) is 47.5 Å². The van der Waals surface area contributed by atoms with Crippen LogP contribution in [0.2, 0.25) is 0 Å². The molecule has 2 aromatic carbocycles. The lowest BCUT2D eigenvalue weighted by Crippen LogP contribution is -2.45. The molecule has 2 aliphatic rings. The highest BCUT2D eigenvalue weighted by Gasteiger charge is 2.32. The number of alkyl halides is 3. The minimum atomic E-state index is -4.51. The molecule has 0 spiro atoms. The molecule has 0 bridgehead atoms. The fourth-order valence-corrected chi connectivity index (χ4v) is 7.21. The van der Waals surface area contributed by atoms with Crippen LogP contribution in [0.1, 0.15) is 88.8 Å². The number of ether oxygens (including phenoxy) is 1. The maximum absolute atomic E-state index is 16.0. The van der Waals surface area contributed by atoms with Gasteiger partial charge in [0.25, 0.3) is 0 Å². The molecule has 2 saturated heterocycles. The van der Waals surface area contributed by atoms with Crippen LogP contribution in [0.25, 0.3) is 17.0 Å². The molecule has 6 nitrogen and oxygen atoms in total. The molecule has 2 heterocycles. The van der Waals surface area contributed by atoms with Gasteiger partial charge in [0.15, 0.2) is 0 Å². The van der Waals surface area contributed by atoms with Crippen LogP contribution in [0, 0.1) is 0 Å². The van der Waals surface area contributed by atoms with Gasteiger partial charge in [0.1, 0.15) is 12.1 Å². The molecule has 0 aromatic heterocycles. The van der Waals surface area contributed by atoms with Crippen molar-refractivity contribution >= 4 is 28.6 Å². The molecule has 2 aliphatic heterocycles. The number of anilines is 1. The Morgan fingerprint density at radius 1 is 0.946 bits per heavy atom. The first kappa shape index (κ1) is 44.3. The molecule has 4 rings (SSSR count). The summed E-state index contributed by atoms with van der Waals surface area (Å²) in [6.07, 6.45) is 12.9. The minimum absolute atomic E-state index is 0.0544. The monoisotopic (exact) mass is 776 g/mol. The van der Waals surface area contributed by atoms with Gasteiger partial charge in [0, 0.05) is 69.4 Å². The normalized spacial score (nSPS) is 19.6. The molecule has 1 amide bonds. The Kier molecular flexibility index (Phi) is 17.2. The van der Waals surface area contributed by atoms with Crippen molar-refractivity contribution in [3.8, 4) is 0 Å². The summed E-state index contributed by atoms with van der Waals surface area (Å²) in [6, 6.07) is 14.1. The fourth-order valence-electron chi connectivity index (χ4n) is 7.21. The van der Waals surface area contributed by atoms with E-state index in [2.05, 4.69) is 35.2 Å². The first-order chi connectivity index (χ1) is 26.8. The zero-order valence-electron chi connectivity index (χ0n) is 34.0. The molecule has 1 N–H and O–H groups in total. The van der Waals surface area contributed by atoms with Crippen LogP contribution < -0.4 is 5.32 Å². The van der Waals surface area contributed by atoms with Crippen molar-refractivity contribution in [1.82, 2.24) is 14.7 Å². The SMILES string of the molecule is C/C=C(\C=C/C(=C/CC)N1CCCC(N(C)C/C=C/C(=O)N(C)C)C1)C(=C(/CC(F)(F)F)c1ccccc1)/c1ccc(NC2CCCCO2)c(/C(F)=C/CC)c1. The summed E-state index contributed by atoms with van der Waals surface area (Å²) in [7, 11) is 5.52. The molecule has 10 heteroatoms. The van der Waals surface area contributed by atoms with Crippen LogP contribution in [0.3, 0.4) is 0 Å². The van der Waals surface area contributed by atoms with Gasteiger partial charge in [0.2, 0.25) is 5.91 Å². The summed E-state index contributed by atoms with van der Waals surface area (Å²) in [5.41, 5.74) is 3.84. The van der Waals surface area contributed by atoms with Crippen LogP contribution in [-0.4, -0.2) is 86.4 Å². The lowest BCUT2D eigenvalue weighted by Gasteiger charge is -2.39. The predicted molar refractivity (Wildman–Crippen MR) is 223 cm³/mol. The second kappa shape index (κ2) is 21.8. The molecule has 2 fully saturated rings. The zero-order chi connectivity index (χ0) is 40.7. The second-order valence-corrected chi connectivity index (χ2v) is 14.7. The average Bonchev–Trinajstić information content (AvgIpc) is 3.19. The third-order valence-corrected chi connectivity index (χ3v) is 10.2. The number of rotatable bonds is 16. The summed E-state index contributed by atoms with van der Waals surface area (Å²) in [5.74, 6) is -0.500. The number of nitrogens with zero attached hydrogens (tertiary/aromatic N) is 3. The molecular weight excluding hydrogens is 717 g/mol. The van der Waals surface area contributed by atoms with Gasteiger partial charge in [-0.15, -0.1) is 0 Å². The number of likely N-dealkylation sites (tertiary alicyclic amines) is 1. The number of piperidine rings is 1. The van der Waals surface area contributed by atoms with Crippen molar-refractivity contribution in [2.45, 2.75) is 90.6 Å². The summed E-state index contributed by atoms with van der Waals surface area (Å²) in [4.78, 5) is 18.2. The van der Waals surface area contributed by atoms with Crippen molar-refractivity contribution in [3.05, 3.63) is 119 Å². The van der Waals surface area contributed by atoms with E-state index in [0.717, 1.165) is 57.3 Å². The molecule has 0 radical (unpaired) electrons. The highest BCUT2D eigenvalue weighted by Crippen LogP contribution is 2.42. The third-order valence-electron chi connectivity index (χ3n) is 10.2. The Labute approximate surface area is 332 Å². The number of amides is 1. The maximum atomic E-state index is 16.0. The lowest BCUT2D eigenvalue weighted by atomic mass is 9.86. The van der Waals surface area contributed by atoms with Crippen molar-refractivity contribution in [2.75, 3.05) is 52.7 Å². The van der Waals surface area contributed by atoms with E-state index in [9.17, 15) is 18.0 Å². The van der Waals surface area contributed by atoms with Gasteiger partial charge in [-0.05, 0) is 111 Å². The van der Waals surface area contributed by atoms with Gasteiger partial charge in [-0.25, -0.2) is 4.39 Å². The van der Waals surface area contributed by atoms with Gasteiger partial charge >= 0.3 is 6.18 Å². The highest BCUT2D eigenvalue weighted by atomic mass is 19.4. The number of likely N-dealkylation sites (N-methyl/N-ethyl adjacent to an activating group) is 2. The molecule has 0 aliphatic carbocycles. The van der Waals surface area contributed by atoms with Gasteiger partial charge < -0.3 is 19.9 Å². The lowest BCUT2D eigenvalue weighted by molar-refractivity contribution is -0.124. The number of hydrogen-bond donors (Lipinski definition) is 1. The Balaban J connectivity index is 1.79. The number of allylic oxidation sites excluding steroid dienone is 8. The van der Waals surface area contributed by atoms with Crippen molar-refractivity contribution in [3.63, 3.8) is 0 Å². The summed E-state index contributed by atoms with van der Waals surface area (Å²) >= 11 is 0. The zero-order valence-corrected chi connectivity index (χ0v) is 34.0. The number of benzene rings is 2. The number of hydrogen-bond acceptors (Lipinski definition) is 5. The van der Waals surface area contributed by atoms with Gasteiger partial charge in [-0.2, -0.15) is 13.2 Å². The van der Waals surface area contributed by atoms with Crippen molar-refractivity contribution in [1.29, 1.82) is 0 Å². The fraction of sp³-hybridized carbons (Fsp3) is 0.457. The van der Waals surface area contributed by atoms with Crippen LogP contribution in [0.5, 0.6) is 0 Å². The third kappa shape index (κ3) is 13.1. The molecule has 2 aromatic rings. The molecule has 304 valence electrons. The van der Waals surface area contributed by atoms with Crippen LogP contribution in [0.15, 0.2) is 102 Å². The Morgan fingerprint density at radius 2 is 1.70 bits per heavy atom. The van der Waals surface area contributed by atoms with E-state index in [1.54, 1.807) is 73.6 Å². The van der Waals surface area contributed by atoms with Gasteiger partial charge in [-0.3, -0.25) is 9.69 Å². The Bertz CT molecular complexity index is 1770. The van der Waals surface area contributed by atoms with Crippen LogP contribution in [0.4, 0.5) is 23.2 Å². The number of halogens is 4. The quantitative estimate of drug-likeness (QED) is 0.0796. The topological polar surface area (TPSA) is 48.0 Å². The van der Waals surface area contributed by atoms with Crippen LogP contribution in [-0.2, 0) is 9.53 Å². The van der Waals surface area contributed by atoms with E-state index in [1.165, 1.54) is 6.08 Å². The van der Waals surface area contributed by atoms with Crippen LogP contribution >= 0.6 is 0 Å². The second-order valence-electron chi connectivity index (χ2n) is 14.7. The molecule has 0 saturated carbocycles. The number of nitrogens with one attached hydrogen (secondary N) is 1. The average molecular weight is 777 g/mol. The molecule has 56 heavy (non-hydrogen) atoms. The summed E-state index contributed by atoms with van der Waals surface area (Å²) in [6.45, 7) is 8.61. The first-order valence-electron chi connectivity index (χ1n) is 20.0. The smallest absolute Gasteiger partial charge is 0.370 e.